The van der Waals surface area contributed by atoms with E-state index in [4.69, 9.17) is 14.8 Å². The first-order valence-electron chi connectivity index (χ1n) is 13.4. The summed E-state index contributed by atoms with van der Waals surface area (Å²) in [4.78, 5) is 31.2. The van der Waals surface area contributed by atoms with Crippen LogP contribution in [-0.4, -0.2) is 62.4 Å². The lowest BCUT2D eigenvalue weighted by Gasteiger charge is -2.32. The van der Waals surface area contributed by atoms with Gasteiger partial charge in [0.2, 0.25) is 0 Å². The normalized spacial score (nSPS) is 15.4. The van der Waals surface area contributed by atoms with Crippen molar-refractivity contribution in [3.63, 3.8) is 0 Å². The van der Waals surface area contributed by atoms with Crippen molar-refractivity contribution in [1.82, 2.24) is 24.3 Å². The van der Waals surface area contributed by atoms with Gasteiger partial charge in [-0.05, 0) is 60.9 Å². The molecule has 3 heterocycles. The number of benzene rings is 3. The lowest BCUT2D eigenvalue weighted by atomic mass is 10.0. The van der Waals surface area contributed by atoms with Gasteiger partial charge in [0.25, 0.3) is 5.91 Å². The van der Waals surface area contributed by atoms with E-state index in [1.54, 1.807) is 12.0 Å². The fourth-order valence-electron chi connectivity index (χ4n) is 5.68. The van der Waals surface area contributed by atoms with Crippen LogP contribution in [0, 0.1) is 0 Å². The Morgan fingerprint density at radius 3 is 2.62 bits per heavy atom. The maximum atomic E-state index is 13.4. The van der Waals surface area contributed by atoms with Crippen molar-refractivity contribution in [2.45, 2.75) is 25.4 Å². The molecule has 0 spiro atoms. The number of aromatic nitrogens is 3. The Labute approximate surface area is 231 Å². The first-order chi connectivity index (χ1) is 19.4. The van der Waals surface area contributed by atoms with E-state index < -0.39 is 6.09 Å². The maximum absolute atomic E-state index is 13.4. The van der Waals surface area contributed by atoms with Crippen LogP contribution in [0.15, 0.2) is 72.8 Å². The molecule has 0 radical (unpaired) electrons. The monoisotopic (exact) mass is 537 g/mol. The van der Waals surface area contributed by atoms with Crippen LogP contribution < -0.4 is 10.1 Å². The second-order valence-corrected chi connectivity index (χ2v) is 10.3. The number of nitrogens with one attached hydrogen (secondary N) is 1. The van der Waals surface area contributed by atoms with Gasteiger partial charge in [-0.25, -0.2) is 9.78 Å². The topological polar surface area (TPSA) is 102 Å². The van der Waals surface area contributed by atoms with Gasteiger partial charge in [-0.15, -0.1) is 0 Å². The summed E-state index contributed by atoms with van der Waals surface area (Å²) in [5, 5.41) is 12.7. The molecule has 1 aliphatic rings. The highest BCUT2D eigenvalue weighted by Gasteiger charge is 2.26. The van der Waals surface area contributed by atoms with E-state index in [0.717, 1.165) is 57.6 Å². The smallest absolute Gasteiger partial charge is 0.404 e. The lowest BCUT2D eigenvalue weighted by Crippen LogP contribution is -2.49. The fourth-order valence-corrected chi connectivity index (χ4v) is 5.68. The molecule has 2 amide bonds. The summed E-state index contributed by atoms with van der Waals surface area (Å²) in [6.07, 6.45) is 0.417. The Balaban J connectivity index is 1.35. The number of aryl methyl sites for hydroxylation is 1. The van der Waals surface area contributed by atoms with Crippen molar-refractivity contribution in [3.8, 4) is 17.3 Å². The molecular weight excluding hydrogens is 506 g/mol. The van der Waals surface area contributed by atoms with Crippen LogP contribution in [0.3, 0.4) is 0 Å². The molecule has 2 aromatic heterocycles. The highest BCUT2D eigenvalue weighted by Crippen LogP contribution is 2.31. The summed E-state index contributed by atoms with van der Waals surface area (Å²) < 4.78 is 9.67. The summed E-state index contributed by atoms with van der Waals surface area (Å²) in [7, 11) is 3.66. The highest BCUT2D eigenvalue weighted by molar-refractivity contribution is 5.98. The Bertz CT molecular complexity index is 1720. The molecule has 0 aliphatic carbocycles. The predicted octanol–water partition coefficient (Wildman–Crippen LogP) is 5.12. The van der Waals surface area contributed by atoms with Gasteiger partial charge in [0.1, 0.15) is 5.75 Å². The molecule has 1 unspecified atom stereocenters. The van der Waals surface area contributed by atoms with E-state index in [2.05, 4.69) is 44.8 Å². The van der Waals surface area contributed by atoms with Crippen LogP contribution in [0.1, 0.15) is 28.8 Å². The van der Waals surface area contributed by atoms with Crippen LogP contribution in [0.25, 0.3) is 33.5 Å². The van der Waals surface area contributed by atoms with Crippen molar-refractivity contribution < 1.29 is 19.4 Å². The lowest BCUT2D eigenvalue weighted by molar-refractivity contribution is 0.0692. The van der Waals surface area contributed by atoms with Crippen LogP contribution >= 0.6 is 0 Å². The highest BCUT2D eigenvalue weighted by atomic mass is 16.5. The first kappa shape index (κ1) is 25.5. The van der Waals surface area contributed by atoms with Crippen LogP contribution in [0.4, 0.5) is 4.79 Å². The van der Waals surface area contributed by atoms with Gasteiger partial charge < -0.3 is 29.2 Å². The zero-order valence-electron chi connectivity index (χ0n) is 22.5. The van der Waals surface area contributed by atoms with E-state index in [0.29, 0.717) is 25.2 Å². The number of piperidine rings is 1. The van der Waals surface area contributed by atoms with E-state index in [9.17, 15) is 9.59 Å². The minimum absolute atomic E-state index is 0.111. The average Bonchev–Trinajstić information content (AvgIpc) is 3.49. The zero-order chi connectivity index (χ0) is 27.8. The molecular formula is C31H31N5O4. The van der Waals surface area contributed by atoms with E-state index >= 15 is 0 Å². The van der Waals surface area contributed by atoms with Gasteiger partial charge in [-0.2, -0.15) is 0 Å². The van der Waals surface area contributed by atoms with Crippen molar-refractivity contribution >= 4 is 33.9 Å². The number of hydrogen-bond acceptors (Lipinski definition) is 4. The number of carbonyl (C=O) groups is 2. The average molecular weight is 538 g/mol. The van der Waals surface area contributed by atoms with E-state index in [1.807, 2.05) is 49.5 Å². The molecule has 2 N–H and O–H groups in total. The zero-order valence-corrected chi connectivity index (χ0v) is 22.5. The van der Waals surface area contributed by atoms with Crippen molar-refractivity contribution in [1.29, 1.82) is 0 Å². The minimum Gasteiger partial charge on any atom is -0.497 e. The second kappa shape index (κ2) is 10.4. The number of likely N-dealkylation sites (tertiary alicyclic amines) is 1. The van der Waals surface area contributed by atoms with Gasteiger partial charge in [0, 0.05) is 49.2 Å². The van der Waals surface area contributed by atoms with Gasteiger partial charge in [-0.3, -0.25) is 4.79 Å². The Morgan fingerprint density at radius 1 is 1.05 bits per heavy atom. The maximum Gasteiger partial charge on any atom is 0.404 e. The molecule has 1 atom stereocenters. The molecule has 1 saturated heterocycles. The molecule has 1 fully saturated rings. The fraction of sp³-hybridized carbons (Fsp3) is 0.258. The number of hydrogen-bond donors (Lipinski definition) is 2. The van der Waals surface area contributed by atoms with Crippen molar-refractivity contribution in [2.24, 2.45) is 7.05 Å². The summed E-state index contributed by atoms with van der Waals surface area (Å²) in [6.45, 7) is 1.63. The van der Waals surface area contributed by atoms with Gasteiger partial charge in [-0.1, -0.05) is 30.3 Å². The standard InChI is InChI=1S/C31H31N5O4/c1-34-27-14-11-22(30(37)35-15-5-7-23(19-35)32-31(38)39)16-25(27)33-29(34)28-17-21-6-3-4-8-26(21)36(28)18-20-9-12-24(40-2)13-10-20/h3-4,6,8-14,16-17,23,32H,5,7,15,18-19H2,1-2H3,(H,38,39). The number of para-hydroxylation sites is 1. The Morgan fingerprint density at radius 2 is 1.85 bits per heavy atom. The molecule has 6 rings (SSSR count). The van der Waals surface area contributed by atoms with Crippen LogP contribution in [0.2, 0.25) is 0 Å². The number of amides is 2. The molecule has 9 nitrogen and oxygen atoms in total. The van der Waals surface area contributed by atoms with Gasteiger partial charge >= 0.3 is 6.09 Å². The van der Waals surface area contributed by atoms with E-state index in [-0.39, 0.29) is 11.9 Å². The van der Waals surface area contributed by atoms with Crippen LogP contribution in [0.5, 0.6) is 5.75 Å². The number of rotatable bonds is 6. The third-order valence-electron chi connectivity index (χ3n) is 7.70. The summed E-state index contributed by atoms with van der Waals surface area (Å²) in [5.41, 5.74) is 5.46. The number of nitrogens with zero attached hydrogens (tertiary/aromatic N) is 4. The number of imidazole rings is 1. The quantitative estimate of drug-likeness (QED) is 0.313. The second-order valence-electron chi connectivity index (χ2n) is 10.3. The van der Waals surface area contributed by atoms with Gasteiger partial charge in [0.05, 0.1) is 23.8 Å². The third-order valence-corrected chi connectivity index (χ3v) is 7.70. The third kappa shape index (κ3) is 4.75. The largest absolute Gasteiger partial charge is 0.497 e. The van der Waals surface area contributed by atoms with Gasteiger partial charge in [0.15, 0.2) is 5.82 Å². The Hall–Kier alpha value is -4.79. The molecule has 0 bridgehead atoms. The van der Waals surface area contributed by atoms with Crippen molar-refractivity contribution in [2.75, 3.05) is 20.2 Å². The number of carboxylic acid groups (broad SMARTS) is 1. The summed E-state index contributed by atoms with van der Waals surface area (Å²) >= 11 is 0. The first-order valence-corrected chi connectivity index (χ1v) is 13.4. The molecule has 0 saturated carbocycles. The molecule has 9 heteroatoms. The number of fused-ring (bicyclic) bond motifs is 2. The number of ether oxygens (including phenoxy) is 1. The van der Waals surface area contributed by atoms with E-state index in [1.165, 1.54) is 0 Å². The van der Waals surface area contributed by atoms with Crippen molar-refractivity contribution in [3.05, 3.63) is 83.9 Å². The number of methoxy groups -OCH3 is 1. The SMILES string of the molecule is COc1ccc(Cn2c(-c3nc4cc(C(=O)N5CCCC(NC(=O)O)C5)ccc4n3C)cc3ccccc32)cc1. The molecule has 204 valence electrons. The summed E-state index contributed by atoms with van der Waals surface area (Å²) in [5.74, 6) is 1.52. The number of carbonyl (C=O) groups excluding carboxylic acids is 1. The molecule has 40 heavy (non-hydrogen) atoms. The predicted molar refractivity (Wildman–Crippen MR) is 154 cm³/mol. The summed E-state index contributed by atoms with van der Waals surface area (Å²) in [6, 6.07) is 23.9. The van der Waals surface area contributed by atoms with Crippen LogP contribution in [-0.2, 0) is 13.6 Å². The molecule has 5 aromatic rings. The minimum atomic E-state index is -1.06. The Kier molecular flexibility index (Phi) is 6.63. The molecule has 1 aliphatic heterocycles. The molecule has 3 aromatic carbocycles.